The van der Waals surface area contributed by atoms with Crippen LogP contribution >= 0.6 is 0 Å². The average molecular weight is 305 g/mol. The van der Waals surface area contributed by atoms with E-state index in [1.165, 1.54) is 0 Å². The van der Waals surface area contributed by atoms with Gasteiger partial charge in [-0.15, -0.1) is 0 Å². The van der Waals surface area contributed by atoms with Gasteiger partial charge in [0.05, 0.1) is 0 Å². The molecule has 0 saturated heterocycles. The lowest BCUT2D eigenvalue weighted by atomic mass is 10.0. The lowest BCUT2D eigenvalue weighted by molar-refractivity contribution is 0.0950. The number of nitrogens with one attached hydrogen (secondary N) is 2. The third kappa shape index (κ3) is 3.35. The van der Waals surface area contributed by atoms with Crippen molar-refractivity contribution in [2.24, 2.45) is 0 Å². The fraction of sp³-hybridized carbons (Fsp3) is 0.0556. The van der Waals surface area contributed by atoms with Gasteiger partial charge in [0.2, 0.25) is 0 Å². The highest BCUT2D eigenvalue weighted by molar-refractivity contribution is 6.00. The van der Waals surface area contributed by atoms with Crippen LogP contribution in [0.3, 0.4) is 0 Å². The summed E-state index contributed by atoms with van der Waals surface area (Å²) in [6.45, 7) is 0.315. The summed E-state index contributed by atoms with van der Waals surface area (Å²) in [5.74, 6) is -0.408. The van der Waals surface area contributed by atoms with E-state index in [9.17, 15) is 9.59 Å². The molecule has 1 aromatic carbocycles. The number of hydrogen-bond acceptors (Lipinski definition) is 3. The second-order valence-electron chi connectivity index (χ2n) is 5.01. The maximum atomic E-state index is 12.5. The first-order valence-corrected chi connectivity index (χ1v) is 7.20. The van der Waals surface area contributed by atoms with Gasteiger partial charge in [0.1, 0.15) is 5.56 Å². The zero-order valence-electron chi connectivity index (χ0n) is 12.3. The van der Waals surface area contributed by atoms with Gasteiger partial charge in [-0.1, -0.05) is 36.4 Å². The van der Waals surface area contributed by atoms with Crippen LogP contribution < -0.4 is 10.9 Å². The van der Waals surface area contributed by atoms with E-state index in [0.717, 1.165) is 11.1 Å². The third-order valence-corrected chi connectivity index (χ3v) is 3.45. The second kappa shape index (κ2) is 6.70. The SMILES string of the molecule is O=C(NCc1cccnc1)c1c(-c2ccccc2)cc[nH]c1=O. The molecule has 3 aromatic rings. The molecule has 2 heterocycles. The molecule has 114 valence electrons. The number of benzene rings is 1. The minimum absolute atomic E-state index is 0.114. The Hall–Kier alpha value is -3.21. The summed E-state index contributed by atoms with van der Waals surface area (Å²) in [4.78, 5) is 31.2. The van der Waals surface area contributed by atoms with Gasteiger partial charge in [-0.2, -0.15) is 0 Å². The van der Waals surface area contributed by atoms with E-state index >= 15 is 0 Å². The molecule has 3 rings (SSSR count). The van der Waals surface area contributed by atoms with E-state index in [1.807, 2.05) is 36.4 Å². The summed E-state index contributed by atoms with van der Waals surface area (Å²) >= 11 is 0. The Morgan fingerprint density at radius 1 is 1.09 bits per heavy atom. The molecular weight excluding hydrogens is 290 g/mol. The van der Waals surface area contributed by atoms with E-state index in [4.69, 9.17) is 0 Å². The zero-order chi connectivity index (χ0) is 16.1. The number of H-pyrrole nitrogens is 1. The number of rotatable bonds is 4. The summed E-state index contributed by atoms with van der Waals surface area (Å²) in [5.41, 5.74) is 2.01. The van der Waals surface area contributed by atoms with Gasteiger partial charge in [0.15, 0.2) is 0 Å². The van der Waals surface area contributed by atoms with Crippen molar-refractivity contribution in [2.75, 3.05) is 0 Å². The fourth-order valence-electron chi connectivity index (χ4n) is 2.34. The standard InChI is InChI=1S/C18H15N3O2/c22-17-16(18(23)21-12-13-5-4-9-19-11-13)15(8-10-20-17)14-6-2-1-3-7-14/h1-11H,12H2,(H,20,22)(H,21,23). The lowest BCUT2D eigenvalue weighted by Crippen LogP contribution is -2.30. The topological polar surface area (TPSA) is 74.8 Å². The van der Waals surface area contributed by atoms with Crippen molar-refractivity contribution in [1.82, 2.24) is 15.3 Å². The van der Waals surface area contributed by atoms with Gasteiger partial charge in [0.25, 0.3) is 11.5 Å². The summed E-state index contributed by atoms with van der Waals surface area (Å²) in [7, 11) is 0. The molecule has 2 aromatic heterocycles. The molecule has 0 aliphatic rings. The molecule has 23 heavy (non-hydrogen) atoms. The maximum Gasteiger partial charge on any atom is 0.261 e. The fourth-order valence-corrected chi connectivity index (χ4v) is 2.34. The third-order valence-electron chi connectivity index (χ3n) is 3.45. The van der Waals surface area contributed by atoms with Gasteiger partial charge in [0, 0.05) is 30.7 Å². The molecule has 2 N–H and O–H groups in total. The van der Waals surface area contributed by atoms with E-state index in [1.54, 1.807) is 30.7 Å². The van der Waals surface area contributed by atoms with Crippen LogP contribution in [-0.4, -0.2) is 15.9 Å². The first kappa shape index (κ1) is 14.7. The number of hydrogen-bond donors (Lipinski definition) is 2. The molecule has 0 bridgehead atoms. The number of carbonyl (C=O) groups is 1. The van der Waals surface area contributed by atoms with Crippen LogP contribution in [-0.2, 0) is 6.54 Å². The molecule has 0 spiro atoms. The predicted octanol–water partition coefficient (Wildman–Crippen LogP) is 2.37. The van der Waals surface area contributed by atoms with Crippen LogP contribution in [0.15, 0.2) is 71.9 Å². The van der Waals surface area contributed by atoms with E-state index < -0.39 is 11.5 Å². The molecule has 0 atom stereocenters. The monoisotopic (exact) mass is 305 g/mol. The Balaban J connectivity index is 1.90. The Bertz CT molecular complexity index is 858. The summed E-state index contributed by atoms with van der Waals surface area (Å²) in [6.07, 6.45) is 4.89. The number of aromatic nitrogens is 2. The Morgan fingerprint density at radius 2 is 1.91 bits per heavy atom. The maximum absolute atomic E-state index is 12.5. The minimum atomic E-state index is -0.408. The Kier molecular flexibility index (Phi) is 4.29. The summed E-state index contributed by atoms with van der Waals surface area (Å²) < 4.78 is 0. The average Bonchev–Trinajstić information content (AvgIpc) is 2.61. The number of aromatic amines is 1. The molecule has 0 fully saturated rings. The minimum Gasteiger partial charge on any atom is -0.348 e. The van der Waals surface area contributed by atoms with Crippen molar-refractivity contribution >= 4 is 5.91 Å². The number of pyridine rings is 2. The summed E-state index contributed by atoms with van der Waals surface area (Å²) in [5, 5.41) is 2.77. The molecule has 0 radical (unpaired) electrons. The van der Waals surface area contributed by atoms with Gasteiger partial charge in [-0.25, -0.2) is 0 Å². The zero-order valence-corrected chi connectivity index (χ0v) is 12.3. The summed E-state index contributed by atoms with van der Waals surface area (Å²) in [6, 6.07) is 14.8. The van der Waals surface area contributed by atoms with Crippen molar-refractivity contribution in [1.29, 1.82) is 0 Å². The predicted molar refractivity (Wildman–Crippen MR) is 87.9 cm³/mol. The molecule has 5 nitrogen and oxygen atoms in total. The van der Waals surface area contributed by atoms with Crippen molar-refractivity contribution < 1.29 is 4.79 Å². The normalized spacial score (nSPS) is 10.3. The van der Waals surface area contributed by atoms with Crippen LogP contribution in [0, 0.1) is 0 Å². The highest BCUT2D eigenvalue weighted by Crippen LogP contribution is 2.20. The molecule has 0 aliphatic carbocycles. The van der Waals surface area contributed by atoms with Crippen molar-refractivity contribution in [3.05, 3.63) is 88.6 Å². The molecule has 5 heteroatoms. The molecular formula is C18H15N3O2. The second-order valence-corrected chi connectivity index (χ2v) is 5.01. The highest BCUT2D eigenvalue weighted by Gasteiger charge is 2.16. The highest BCUT2D eigenvalue weighted by atomic mass is 16.2. The van der Waals surface area contributed by atoms with Crippen LogP contribution in [0.5, 0.6) is 0 Å². The smallest absolute Gasteiger partial charge is 0.261 e. The van der Waals surface area contributed by atoms with Crippen molar-refractivity contribution in [3.63, 3.8) is 0 Å². The van der Waals surface area contributed by atoms with E-state index in [2.05, 4.69) is 15.3 Å². The van der Waals surface area contributed by atoms with Gasteiger partial charge in [-0.05, 0) is 23.3 Å². The van der Waals surface area contributed by atoms with Crippen LogP contribution in [0.25, 0.3) is 11.1 Å². The first-order valence-electron chi connectivity index (χ1n) is 7.20. The van der Waals surface area contributed by atoms with Crippen molar-refractivity contribution in [3.8, 4) is 11.1 Å². The van der Waals surface area contributed by atoms with Gasteiger partial charge < -0.3 is 10.3 Å². The van der Waals surface area contributed by atoms with Crippen molar-refractivity contribution in [2.45, 2.75) is 6.54 Å². The largest absolute Gasteiger partial charge is 0.348 e. The van der Waals surface area contributed by atoms with E-state index in [0.29, 0.717) is 12.1 Å². The Morgan fingerprint density at radius 3 is 2.65 bits per heavy atom. The number of nitrogens with zero attached hydrogens (tertiary/aromatic N) is 1. The number of amides is 1. The van der Waals surface area contributed by atoms with E-state index in [-0.39, 0.29) is 5.56 Å². The quantitative estimate of drug-likeness (QED) is 0.777. The number of carbonyl (C=O) groups excluding carboxylic acids is 1. The molecule has 0 saturated carbocycles. The van der Waals surface area contributed by atoms with Gasteiger partial charge >= 0.3 is 0 Å². The molecule has 0 unspecified atom stereocenters. The Labute approximate surface area is 133 Å². The first-order chi connectivity index (χ1) is 11.3. The van der Waals surface area contributed by atoms with Crippen LogP contribution in [0.2, 0.25) is 0 Å². The lowest BCUT2D eigenvalue weighted by Gasteiger charge is -2.09. The van der Waals surface area contributed by atoms with Crippen LogP contribution in [0.1, 0.15) is 15.9 Å². The van der Waals surface area contributed by atoms with Gasteiger partial charge in [-0.3, -0.25) is 14.6 Å². The van der Waals surface area contributed by atoms with Crippen LogP contribution in [0.4, 0.5) is 0 Å². The molecule has 0 aliphatic heterocycles. The molecule has 1 amide bonds.